The molecule has 0 unspecified atom stereocenters. The van der Waals surface area contributed by atoms with Crippen molar-refractivity contribution >= 4 is 27.5 Å². The van der Waals surface area contributed by atoms with Gasteiger partial charge in [-0.2, -0.15) is 0 Å². The minimum Gasteiger partial charge on any atom is -0.508 e. The van der Waals surface area contributed by atoms with E-state index >= 15 is 0 Å². The van der Waals surface area contributed by atoms with Gasteiger partial charge >= 0.3 is 0 Å². The number of carbonyl (C=O) groups is 1. The van der Waals surface area contributed by atoms with Crippen molar-refractivity contribution in [2.75, 3.05) is 0 Å². The van der Waals surface area contributed by atoms with Gasteiger partial charge < -0.3 is 20.1 Å². The van der Waals surface area contributed by atoms with Crippen LogP contribution in [0, 0.1) is 0 Å². The lowest BCUT2D eigenvalue weighted by atomic mass is 9.92. The van der Waals surface area contributed by atoms with E-state index in [2.05, 4.69) is 10.3 Å². The fourth-order valence-electron chi connectivity index (χ4n) is 4.69. The van der Waals surface area contributed by atoms with Crippen molar-refractivity contribution in [2.24, 2.45) is 7.05 Å². The first-order chi connectivity index (χ1) is 17.5. The molecule has 180 valence electrons. The molecule has 2 heterocycles. The first-order valence-electron chi connectivity index (χ1n) is 11.6. The Labute approximate surface area is 207 Å². The van der Waals surface area contributed by atoms with Crippen LogP contribution in [0.15, 0.2) is 90.0 Å². The maximum atomic E-state index is 13.6. The van der Waals surface area contributed by atoms with Crippen LogP contribution in [0.1, 0.15) is 33.9 Å². The number of ketones is 1. The predicted octanol–water partition coefficient (Wildman–Crippen LogP) is 4.60. The molecule has 0 aliphatic carbocycles. The van der Waals surface area contributed by atoms with E-state index in [0.29, 0.717) is 23.0 Å². The maximum absolute atomic E-state index is 13.6. The Morgan fingerprint density at radius 2 is 1.72 bits per heavy atom. The zero-order chi connectivity index (χ0) is 25.2. The van der Waals surface area contributed by atoms with Crippen molar-refractivity contribution in [3.8, 4) is 11.5 Å². The molecule has 5 rings (SSSR count). The lowest BCUT2D eigenvalue weighted by Gasteiger charge is -2.22. The third-order valence-corrected chi connectivity index (χ3v) is 6.52. The van der Waals surface area contributed by atoms with E-state index in [1.807, 2.05) is 42.5 Å². The highest BCUT2D eigenvalue weighted by Gasteiger charge is 2.27. The Kier molecular flexibility index (Phi) is 6.23. The van der Waals surface area contributed by atoms with Gasteiger partial charge in [-0.25, -0.2) is 0 Å². The summed E-state index contributed by atoms with van der Waals surface area (Å²) in [6.45, 7) is 0.385. The Morgan fingerprint density at radius 3 is 2.50 bits per heavy atom. The van der Waals surface area contributed by atoms with Gasteiger partial charge in [0.05, 0.1) is 5.52 Å². The van der Waals surface area contributed by atoms with Crippen molar-refractivity contribution in [1.29, 1.82) is 0 Å². The number of phenolic OH excluding ortho intramolecular Hbond substituents is 1. The van der Waals surface area contributed by atoms with Gasteiger partial charge in [-0.1, -0.05) is 48.5 Å². The summed E-state index contributed by atoms with van der Waals surface area (Å²) in [5, 5.41) is 27.3. The van der Waals surface area contributed by atoms with Gasteiger partial charge in [0.15, 0.2) is 5.78 Å². The molecule has 7 nitrogen and oxygen atoms in total. The minimum absolute atomic E-state index is 0.0424. The monoisotopic (exact) mass is 479 g/mol. The van der Waals surface area contributed by atoms with Gasteiger partial charge in [0, 0.05) is 49.4 Å². The number of pyridine rings is 2. The predicted molar refractivity (Wildman–Crippen MR) is 139 cm³/mol. The number of aromatic nitrogens is 2. The highest BCUT2D eigenvalue weighted by Crippen LogP contribution is 2.36. The van der Waals surface area contributed by atoms with E-state index < -0.39 is 17.4 Å². The van der Waals surface area contributed by atoms with Gasteiger partial charge in [-0.3, -0.25) is 14.6 Å². The molecule has 0 fully saturated rings. The van der Waals surface area contributed by atoms with Gasteiger partial charge in [-0.05, 0) is 40.6 Å². The number of phenols is 1. The second-order valence-electron chi connectivity index (χ2n) is 8.75. The standard InChI is InChI=1S/C29H25N3O4/c1-32-23-11-5-4-10-21(23)28(35)27(29(32)36)25(34)15-22(31-17-18-7-6-14-30-16-18)26-20-9-3-2-8-19(20)12-13-24(26)33/h2-14,16,22,31,33,35H,15,17H2,1H3/t22-/m1/s1. The van der Waals surface area contributed by atoms with E-state index in [-0.39, 0.29) is 23.5 Å². The van der Waals surface area contributed by atoms with Crippen LogP contribution in [0.4, 0.5) is 0 Å². The van der Waals surface area contributed by atoms with E-state index in [1.165, 1.54) is 4.57 Å². The Morgan fingerprint density at radius 1 is 0.972 bits per heavy atom. The lowest BCUT2D eigenvalue weighted by molar-refractivity contribution is 0.0964. The molecule has 0 aliphatic heterocycles. The van der Waals surface area contributed by atoms with Gasteiger partial charge in [0.25, 0.3) is 5.56 Å². The van der Waals surface area contributed by atoms with Crippen LogP contribution in [-0.4, -0.2) is 25.5 Å². The Hall–Kier alpha value is -4.49. The number of rotatable bonds is 7. The number of carbonyl (C=O) groups excluding carboxylic acids is 1. The molecule has 2 aromatic heterocycles. The van der Waals surface area contributed by atoms with Crippen molar-refractivity contribution in [2.45, 2.75) is 19.0 Å². The molecule has 7 heteroatoms. The minimum atomic E-state index is -0.639. The summed E-state index contributed by atoms with van der Waals surface area (Å²) in [6, 6.07) is 21.0. The van der Waals surface area contributed by atoms with Crippen molar-refractivity contribution in [1.82, 2.24) is 14.9 Å². The summed E-state index contributed by atoms with van der Waals surface area (Å²) >= 11 is 0. The van der Waals surface area contributed by atoms with Crippen LogP contribution in [0.2, 0.25) is 0 Å². The van der Waals surface area contributed by atoms with Crippen LogP contribution in [0.3, 0.4) is 0 Å². The summed E-state index contributed by atoms with van der Waals surface area (Å²) in [7, 11) is 1.58. The number of nitrogens with zero attached hydrogens (tertiary/aromatic N) is 2. The first-order valence-corrected chi connectivity index (χ1v) is 11.6. The number of nitrogens with one attached hydrogen (secondary N) is 1. The summed E-state index contributed by atoms with van der Waals surface area (Å²) in [5.74, 6) is -0.803. The SMILES string of the molecule is Cn1c(=O)c(C(=O)C[C@@H](NCc2cccnc2)c2c(O)ccc3ccccc23)c(O)c2ccccc21. The zero-order valence-electron chi connectivity index (χ0n) is 19.7. The van der Waals surface area contributed by atoms with Crippen LogP contribution < -0.4 is 10.9 Å². The van der Waals surface area contributed by atoms with Crippen LogP contribution in [-0.2, 0) is 13.6 Å². The van der Waals surface area contributed by atoms with Crippen LogP contribution >= 0.6 is 0 Å². The summed E-state index contributed by atoms with van der Waals surface area (Å²) in [5.41, 5.74) is 1.17. The van der Waals surface area contributed by atoms with E-state index in [9.17, 15) is 19.8 Å². The maximum Gasteiger partial charge on any atom is 0.265 e. The topological polar surface area (TPSA) is 104 Å². The Bertz CT molecular complexity index is 1640. The third kappa shape index (κ3) is 4.21. The smallest absolute Gasteiger partial charge is 0.265 e. The number of aromatic hydroxyl groups is 2. The van der Waals surface area contributed by atoms with Crippen molar-refractivity contribution in [3.05, 3.63) is 112 Å². The van der Waals surface area contributed by atoms with Gasteiger partial charge in [0.2, 0.25) is 0 Å². The molecular weight excluding hydrogens is 454 g/mol. The van der Waals surface area contributed by atoms with Crippen LogP contribution in [0.5, 0.6) is 11.5 Å². The lowest BCUT2D eigenvalue weighted by Crippen LogP contribution is -2.29. The fourth-order valence-corrected chi connectivity index (χ4v) is 4.69. The fraction of sp³-hybridized carbons (Fsp3) is 0.138. The van der Waals surface area contributed by atoms with Gasteiger partial charge in [-0.15, -0.1) is 0 Å². The number of fused-ring (bicyclic) bond motifs is 2. The normalized spacial score (nSPS) is 12.1. The summed E-state index contributed by atoms with van der Waals surface area (Å²) in [4.78, 5) is 30.9. The molecule has 0 amide bonds. The molecule has 0 spiro atoms. The number of Topliss-reactive ketones (excluding diaryl/α,β-unsaturated/α-hetero) is 1. The molecule has 36 heavy (non-hydrogen) atoms. The van der Waals surface area contributed by atoms with Crippen LogP contribution in [0.25, 0.3) is 21.7 Å². The number of aryl methyl sites for hydroxylation is 1. The molecule has 1 atom stereocenters. The molecule has 0 radical (unpaired) electrons. The highest BCUT2D eigenvalue weighted by atomic mass is 16.3. The number of benzene rings is 3. The second kappa shape index (κ2) is 9.64. The second-order valence-corrected chi connectivity index (χ2v) is 8.75. The van der Waals surface area contributed by atoms with E-state index in [1.54, 1.807) is 49.8 Å². The molecule has 0 bridgehead atoms. The summed E-state index contributed by atoms with van der Waals surface area (Å²) in [6.07, 6.45) is 3.25. The molecule has 0 aliphatic rings. The molecule has 3 aromatic carbocycles. The van der Waals surface area contributed by atoms with Crippen molar-refractivity contribution in [3.63, 3.8) is 0 Å². The molecule has 5 aromatic rings. The average molecular weight is 480 g/mol. The largest absolute Gasteiger partial charge is 0.508 e. The first kappa shape index (κ1) is 23.3. The highest BCUT2D eigenvalue weighted by molar-refractivity contribution is 6.04. The van der Waals surface area contributed by atoms with E-state index in [0.717, 1.165) is 16.3 Å². The summed E-state index contributed by atoms with van der Waals surface area (Å²) < 4.78 is 1.37. The number of para-hydroxylation sites is 1. The van der Waals surface area contributed by atoms with E-state index in [4.69, 9.17) is 0 Å². The average Bonchev–Trinajstić information content (AvgIpc) is 2.90. The Balaban J connectivity index is 1.59. The molecule has 3 N–H and O–H groups in total. The quantitative estimate of drug-likeness (QED) is 0.295. The zero-order valence-corrected chi connectivity index (χ0v) is 19.7. The molecule has 0 saturated heterocycles. The third-order valence-electron chi connectivity index (χ3n) is 6.52. The number of hydrogen-bond donors (Lipinski definition) is 3. The van der Waals surface area contributed by atoms with Crippen molar-refractivity contribution < 1.29 is 15.0 Å². The molecule has 0 saturated carbocycles. The molecular formula is C29H25N3O4. The van der Waals surface area contributed by atoms with Gasteiger partial charge in [0.1, 0.15) is 17.1 Å². The number of hydrogen-bond acceptors (Lipinski definition) is 6.